The van der Waals surface area contributed by atoms with Crippen LogP contribution in [0.25, 0.3) is 6.08 Å². The van der Waals surface area contributed by atoms with Crippen molar-refractivity contribution in [3.05, 3.63) is 65.2 Å². The highest BCUT2D eigenvalue weighted by molar-refractivity contribution is 5.95. The van der Waals surface area contributed by atoms with Gasteiger partial charge in [0.25, 0.3) is 0 Å². The Balaban J connectivity index is 0.00000420. The molecule has 8 heteroatoms. The first kappa shape index (κ1) is 24.0. The van der Waals surface area contributed by atoms with Crippen LogP contribution in [0.2, 0.25) is 0 Å². The van der Waals surface area contributed by atoms with E-state index in [4.69, 9.17) is 21.0 Å². The first-order valence-corrected chi connectivity index (χ1v) is 8.86. The molecule has 0 saturated carbocycles. The van der Waals surface area contributed by atoms with Gasteiger partial charge in [-0.3, -0.25) is 5.41 Å². The van der Waals surface area contributed by atoms with Gasteiger partial charge in [-0.1, -0.05) is 19.6 Å². The van der Waals surface area contributed by atoms with Crippen LogP contribution in [0.15, 0.2) is 43.0 Å². The lowest BCUT2D eigenvalue weighted by atomic mass is 9.96. The van der Waals surface area contributed by atoms with Gasteiger partial charge in [0.1, 0.15) is 18.2 Å². The van der Waals surface area contributed by atoms with Crippen molar-refractivity contribution in [1.82, 2.24) is 0 Å². The van der Waals surface area contributed by atoms with E-state index in [-0.39, 0.29) is 31.5 Å². The van der Waals surface area contributed by atoms with E-state index in [0.717, 1.165) is 11.1 Å². The number of nitrogens with two attached hydrogens (primary N) is 1. The maximum absolute atomic E-state index is 11.9. The minimum absolute atomic E-state index is 0. The monoisotopic (exact) mass is 418 g/mol. The number of halogens is 1. The van der Waals surface area contributed by atoms with Gasteiger partial charge in [0, 0.05) is 16.8 Å². The maximum Gasteiger partial charge on any atom is 0.128 e. The summed E-state index contributed by atoms with van der Waals surface area (Å²) in [6, 6.07) is 8.88. The van der Waals surface area contributed by atoms with Crippen LogP contribution >= 0.6 is 12.4 Å². The van der Waals surface area contributed by atoms with Gasteiger partial charge < -0.3 is 30.8 Å². The van der Waals surface area contributed by atoms with Crippen LogP contribution in [0, 0.1) is 5.41 Å². The molecule has 7 nitrogen and oxygen atoms in total. The molecule has 0 heterocycles. The largest absolute Gasteiger partial charge is 0.548 e. The van der Waals surface area contributed by atoms with Crippen molar-refractivity contribution in [1.29, 1.82) is 5.41 Å². The second-order valence-electron chi connectivity index (χ2n) is 6.12. The van der Waals surface area contributed by atoms with Crippen LogP contribution in [-0.4, -0.2) is 30.1 Å². The Labute approximate surface area is 176 Å². The van der Waals surface area contributed by atoms with Crippen LogP contribution in [0.4, 0.5) is 5.69 Å². The van der Waals surface area contributed by atoms with E-state index in [1.165, 1.54) is 0 Å². The average molecular weight is 419 g/mol. The maximum atomic E-state index is 11.9. The molecule has 2 rings (SSSR count). The van der Waals surface area contributed by atoms with Gasteiger partial charge in [-0.05, 0) is 53.9 Å². The number of ether oxygens (including phenoxy) is 1. The molecule has 1 unspecified atom stereocenters. The fourth-order valence-corrected chi connectivity index (χ4v) is 2.83. The number of benzene rings is 2. The summed E-state index contributed by atoms with van der Waals surface area (Å²) in [5.74, 6) is -0.995. The number of aliphatic hydroxyl groups excluding tert-OH is 1. The van der Waals surface area contributed by atoms with E-state index < -0.39 is 12.0 Å². The molecule has 0 aromatic heterocycles. The summed E-state index contributed by atoms with van der Waals surface area (Å²) in [4.78, 5) is 11.9. The molecule has 0 aliphatic heterocycles. The molecule has 1 atom stereocenters. The van der Waals surface area contributed by atoms with Gasteiger partial charge >= 0.3 is 0 Å². The number of carbonyl (C=O) groups excluding carboxylic acids is 1. The number of hydrogen-bond donors (Lipinski definition) is 4. The highest BCUT2D eigenvalue weighted by atomic mass is 35.5. The first-order chi connectivity index (χ1) is 13.4. The average Bonchev–Trinajstić information content (AvgIpc) is 2.70. The highest BCUT2D eigenvalue weighted by Crippen LogP contribution is 2.34. The fourth-order valence-electron chi connectivity index (χ4n) is 2.83. The third kappa shape index (κ3) is 5.97. The van der Waals surface area contributed by atoms with Gasteiger partial charge in [0.2, 0.25) is 0 Å². The number of nitrogens with one attached hydrogen (secondary N) is 2. The molecule has 0 amide bonds. The van der Waals surface area contributed by atoms with E-state index in [1.807, 2.05) is 13.0 Å². The Hall–Kier alpha value is -3.03. The SMILES string of the molecule is C=Cc1cc(CC)c(OCCO)c(C(Nc2ccc(C(=N)N)cc2)C(=O)[O-])c1.Cl. The number of rotatable bonds is 10. The standard InChI is InChI=1S/C21H25N3O4.ClH/c1-3-13-11-14(4-2)19(28-10-9-25)17(12-13)18(21(26)27)24-16-7-5-15(6-8-16)20(22)23;/h3,5-8,11-12,18,24-25H,1,4,9-10H2,2H3,(H3,22,23)(H,26,27);1H/p-1. The molecule has 0 bridgehead atoms. The van der Waals surface area contributed by atoms with Gasteiger partial charge in [-0.25, -0.2) is 0 Å². The molecular formula is C21H25ClN3O4-. The zero-order valence-electron chi connectivity index (χ0n) is 16.1. The van der Waals surface area contributed by atoms with Crippen molar-refractivity contribution >= 4 is 36.0 Å². The molecule has 0 saturated heterocycles. The van der Waals surface area contributed by atoms with E-state index in [9.17, 15) is 9.90 Å². The van der Waals surface area contributed by atoms with Crippen molar-refractivity contribution in [2.45, 2.75) is 19.4 Å². The van der Waals surface area contributed by atoms with E-state index in [2.05, 4.69) is 11.9 Å². The number of nitrogen functional groups attached to an aromatic ring is 1. The summed E-state index contributed by atoms with van der Waals surface area (Å²) in [6.45, 7) is 5.54. The van der Waals surface area contributed by atoms with Crippen molar-refractivity contribution in [3.8, 4) is 5.75 Å². The Morgan fingerprint density at radius 3 is 2.52 bits per heavy atom. The number of carboxylic acids is 1. The molecule has 2 aromatic carbocycles. The number of aryl methyl sites for hydroxylation is 1. The van der Waals surface area contributed by atoms with E-state index in [0.29, 0.717) is 29.0 Å². The predicted octanol–water partition coefficient (Wildman–Crippen LogP) is 1.87. The number of hydrogen-bond acceptors (Lipinski definition) is 6. The Morgan fingerprint density at radius 2 is 2.03 bits per heavy atom. The van der Waals surface area contributed by atoms with Crippen LogP contribution < -0.4 is 20.9 Å². The van der Waals surface area contributed by atoms with Gasteiger partial charge in [-0.15, -0.1) is 12.4 Å². The topological polar surface area (TPSA) is 131 Å². The number of amidine groups is 1. The molecule has 0 fully saturated rings. The van der Waals surface area contributed by atoms with Crippen LogP contribution in [-0.2, 0) is 11.2 Å². The second-order valence-corrected chi connectivity index (χ2v) is 6.12. The summed E-state index contributed by atoms with van der Waals surface area (Å²) in [6.07, 6.45) is 2.25. The third-order valence-corrected chi connectivity index (χ3v) is 4.22. The number of aliphatic carboxylic acids is 1. The molecular weight excluding hydrogens is 394 g/mol. The number of anilines is 1. The van der Waals surface area contributed by atoms with Crippen LogP contribution in [0.1, 0.15) is 35.2 Å². The molecule has 156 valence electrons. The molecule has 0 aliphatic carbocycles. The van der Waals surface area contributed by atoms with Crippen LogP contribution in [0.5, 0.6) is 5.75 Å². The number of aliphatic hydroxyl groups is 1. The highest BCUT2D eigenvalue weighted by Gasteiger charge is 2.21. The number of carboxylic acid groups (broad SMARTS) is 1. The zero-order chi connectivity index (χ0) is 20.7. The number of carbonyl (C=O) groups is 1. The molecule has 5 N–H and O–H groups in total. The lowest BCUT2D eigenvalue weighted by molar-refractivity contribution is -0.307. The van der Waals surface area contributed by atoms with Crippen molar-refractivity contribution in [2.24, 2.45) is 5.73 Å². The van der Waals surface area contributed by atoms with Gasteiger partial charge in [0.15, 0.2) is 0 Å². The Bertz CT molecular complexity index is 869. The first-order valence-electron chi connectivity index (χ1n) is 8.86. The van der Waals surface area contributed by atoms with Gasteiger partial charge in [0.05, 0.1) is 18.6 Å². The Kier molecular flexibility index (Phi) is 9.18. The summed E-state index contributed by atoms with van der Waals surface area (Å²) < 4.78 is 5.67. The minimum Gasteiger partial charge on any atom is -0.548 e. The summed E-state index contributed by atoms with van der Waals surface area (Å²) >= 11 is 0. The van der Waals surface area contributed by atoms with Crippen molar-refractivity contribution < 1.29 is 19.7 Å². The summed E-state index contributed by atoms with van der Waals surface area (Å²) in [5, 5.41) is 31.4. The molecule has 2 aromatic rings. The van der Waals surface area contributed by atoms with Gasteiger partial charge in [-0.2, -0.15) is 0 Å². The quantitative estimate of drug-likeness (QED) is 0.344. The predicted molar refractivity (Wildman–Crippen MR) is 115 cm³/mol. The molecule has 0 aliphatic rings. The summed E-state index contributed by atoms with van der Waals surface area (Å²) in [5.41, 5.74) is 8.45. The normalized spacial score (nSPS) is 11.1. The molecule has 0 radical (unpaired) electrons. The van der Waals surface area contributed by atoms with E-state index >= 15 is 0 Å². The lowest BCUT2D eigenvalue weighted by Crippen LogP contribution is -2.34. The van der Waals surface area contributed by atoms with Crippen molar-refractivity contribution in [2.75, 3.05) is 18.5 Å². The van der Waals surface area contributed by atoms with Crippen molar-refractivity contribution in [3.63, 3.8) is 0 Å². The molecule has 29 heavy (non-hydrogen) atoms. The molecule has 0 spiro atoms. The lowest BCUT2D eigenvalue weighted by Gasteiger charge is -2.26. The van der Waals surface area contributed by atoms with Crippen LogP contribution in [0.3, 0.4) is 0 Å². The van der Waals surface area contributed by atoms with E-state index in [1.54, 1.807) is 36.4 Å². The third-order valence-electron chi connectivity index (χ3n) is 4.22. The fraction of sp³-hybridized carbons (Fsp3) is 0.238. The smallest absolute Gasteiger partial charge is 0.128 e. The Morgan fingerprint density at radius 1 is 1.38 bits per heavy atom. The zero-order valence-corrected chi connectivity index (χ0v) is 16.9. The summed E-state index contributed by atoms with van der Waals surface area (Å²) in [7, 11) is 0. The second kappa shape index (κ2) is 11.1. The minimum atomic E-state index is -1.33.